The fraction of sp³-hybridized carbons (Fsp3) is 0.750. The Morgan fingerprint density at radius 3 is 2.74 bits per heavy atom. The fourth-order valence-electron chi connectivity index (χ4n) is 4.15. The second-order valence-corrected chi connectivity index (χ2v) is 8.71. The number of thiophene rings is 1. The largest absolute Gasteiger partial charge is 0.384 e. The van der Waals surface area contributed by atoms with Crippen LogP contribution < -0.4 is 5.32 Å². The molecule has 1 aromatic heterocycles. The minimum atomic E-state index is 0. The van der Waals surface area contributed by atoms with E-state index in [1.807, 2.05) is 18.4 Å². The number of nitrogens with one attached hydrogen (secondary N) is 1. The number of rotatable bonds is 6. The van der Waals surface area contributed by atoms with E-state index in [-0.39, 0.29) is 24.0 Å². The van der Waals surface area contributed by atoms with E-state index in [0.29, 0.717) is 12.0 Å². The van der Waals surface area contributed by atoms with Gasteiger partial charge >= 0.3 is 0 Å². The molecular weight excluding hydrogens is 471 g/mol. The molecule has 3 rings (SSSR count). The van der Waals surface area contributed by atoms with Crippen LogP contribution in [0.15, 0.2) is 22.5 Å². The van der Waals surface area contributed by atoms with Crippen molar-refractivity contribution >= 4 is 41.3 Å². The Balaban J connectivity index is 0.00000261. The number of nitrogens with zero attached hydrogens (tertiary/aromatic N) is 3. The molecule has 0 spiro atoms. The van der Waals surface area contributed by atoms with Gasteiger partial charge < -0.3 is 15.0 Å². The first-order valence-electron chi connectivity index (χ1n) is 9.93. The first kappa shape index (κ1) is 22.9. The van der Waals surface area contributed by atoms with Crippen LogP contribution >= 0.6 is 35.3 Å². The highest BCUT2D eigenvalue weighted by atomic mass is 127. The normalized spacial score (nSPS) is 23.3. The van der Waals surface area contributed by atoms with E-state index < -0.39 is 0 Å². The Kier molecular flexibility index (Phi) is 9.82. The summed E-state index contributed by atoms with van der Waals surface area (Å²) in [6.07, 6.45) is 3.80. The molecule has 1 N–H and O–H groups in total. The van der Waals surface area contributed by atoms with Crippen LogP contribution in [0.3, 0.4) is 0 Å². The predicted molar refractivity (Wildman–Crippen MR) is 125 cm³/mol. The van der Waals surface area contributed by atoms with Crippen LogP contribution in [0.5, 0.6) is 0 Å². The second kappa shape index (κ2) is 11.6. The third kappa shape index (κ3) is 6.30. The molecule has 2 aliphatic rings. The number of piperidine rings is 1. The van der Waals surface area contributed by atoms with Gasteiger partial charge in [-0.1, -0.05) is 13.0 Å². The molecule has 2 saturated heterocycles. The molecule has 0 radical (unpaired) electrons. The van der Waals surface area contributed by atoms with Crippen LogP contribution in [0.4, 0.5) is 0 Å². The van der Waals surface area contributed by atoms with Crippen molar-refractivity contribution in [2.45, 2.75) is 32.2 Å². The quantitative estimate of drug-likeness (QED) is 0.363. The second-order valence-electron chi connectivity index (χ2n) is 7.73. The average molecular weight is 506 g/mol. The fourth-order valence-corrected chi connectivity index (χ4v) is 5.01. The summed E-state index contributed by atoms with van der Waals surface area (Å²) in [5.41, 5.74) is 0. The van der Waals surface area contributed by atoms with Gasteiger partial charge in [-0.15, -0.1) is 35.3 Å². The molecule has 0 aliphatic carbocycles. The lowest BCUT2D eigenvalue weighted by molar-refractivity contribution is 0.139. The lowest BCUT2D eigenvalue weighted by atomic mass is 9.97. The third-order valence-corrected chi connectivity index (χ3v) is 6.76. The molecular formula is C20H35IN4OS. The van der Waals surface area contributed by atoms with Gasteiger partial charge in [0, 0.05) is 44.6 Å². The monoisotopic (exact) mass is 506 g/mol. The highest BCUT2D eigenvalue weighted by Gasteiger charge is 2.28. The van der Waals surface area contributed by atoms with Gasteiger partial charge in [-0.05, 0) is 49.7 Å². The zero-order chi connectivity index (χ0) is 18.4. The van der Waals surface area contributed by atoms with Crippen molar-refractivity contribution in [2.75, 3.05) is 53.5 Å². The SMILES string of the molecule is CN=C(NCC(c1cccs1)N1CCC(C)CC1)N1CCC(COC)C1.I. The van der Waals surface area contributed by atoms with E-state index in [9.17, 15) is 0 Å². The third-order valence-electron chi connectivity index (χ3n) is 5.78. The number of hydrogen-bond donors (Lipinski definition) is 1. The molecule has 2 unspecified atom stereocenters. The van der Waals surface area contributed by atoms with E-state index in [2.05, 4.69) is 44.5 Å². The van der Waals surface area contributed by atoms with E-state index >= 15 is 0 Å². The van der Waals surface area contributed by atoms with Gasteiger partial charge in [0.2, 0.25) is 0 Å². The Bertz CT molecular complexity index is 560. The van der Waals surface area contributed by atoms with Crippen molar-refractivity contribution < 1.29 is 4.74 Å². The molecule has 0 aromatic carbocycles. The number of hydrogen-bond acceptors (Lipinski definition) is 4. The average Bonchev–Trinajstić information content (AvgIpc) is 3.33. The molecule has 2 fully saturated rings. The van der Waals surface area contributed by atoms with Crippen molar-refractivity contribution in [1.29, 1.82) is 0 Å². The zero-order valence-corrected chi connectivity index (χ0v) is 20.0. The summed E-state index contributed by atoms with van der Waals surface area (Å²) in [5, 5.41) is 5.87. The molecule has 5 nitrogen and oxygen atoms in total. The van der Waals surface area contributed by atoms with Gasteiger partial charge in [0.1, 0.15) is 0 Å². The van der Waals surface area contributed by atoms with Crippen LogP contribution in [-0.4, -0.2) is 69.2 Å². The van der Waals surface area contributed by atoms with Gasteiger partial charge in [-0.25, -0.2) is 0 Å². The molecule has 2 aliphatic heterocycles. The maximum atomic E-state index is 5.33. The summed E-state index contributed by atoms with van der Waals surface area (Å²) in [7, 11) is 3.69. The van der Waals surface area contributed by atoms with E-state index in [1.165, 1.54) is 37.2 Å². The topological polar surface area (TPSA) is 40.1 Å². The summed E-state index contributed by atoms with van der Waals surface area (Å²) in [5.74, 6) is 2.52. The van der Waals surface area contributed by atoms with E-state index in [0.717, 1.165) is 38.1 Å². The van der Waals surface area contributed by atoms with Gasteiger partial charge in [0.05, 0.1) is 12.6 Å². The Hall–Kier alpha value is -0.380. The highest BCUT2D eigenvalue weighted by molar-refractivity contribution is 14.0. The van der Waals surface area contributed by atoms with E-state index in [1.54, 1.807) is 7.11 Å². The number of methoxy groups -OCH3 is 1. The Morgan fingerprint density at radius 2 is 2.11 bits per heavy atom. The van der Waals surface area contributed by atoms with Crippen LogP contribution in [0.2, 0.25) is 0 Å². The van der Waals surface area contributed by atoms with Gasteiger partial charge in [-0.2, -0.15) is 0 Å². The summed E-state index contributed by atoms with van der Waals surface area (Å²) in [4.78, 5) is 11.0. The van der Waals surface area contributed by atoms with Crippen molar-refractivity contribution in [3.63, 3.8) is 0 Å². The number of ether oxygens (including phenoxy) is 1. The van der Waals surface area contributed by atoms with Crippen LogP contribution in [0, 0.1) is 11.8 Å². The number of halogens is 1. The molecule has 0 bridgehead atoms. The lowest BCUT2D eigenvalue weighted by Gasteiger charge is -2.37. The summed E-state index contributed by atoms with van der Waals surface area (Å²) < 4.78 is 5.33. The highest BCUT2D eigenvalue weighted by Crippen LogP contribution is 2.29. The number of likely N-dealkylation sites (tertiary alicyclic amines) is 2. The van der Waals surface area contributed by atoms with Crippen LogP contribution in [0.25, 0.3) is 0 Å². The molecule has 3 heterocycles. The van der Waals surface area contributed by atoms with Crippen molar-refractivity contribution in [3.8, 4) is 0 Å². The molecule has 1 aromatic rings. The molecule has 154 valence electrons. The maximum Gasteiger partial charge on any atom is 0.193 e. The summed E-state index contributed by atoms with van der Waals surface area (Å²) in [6.45, 7) is 8.65. The molecule has 0 amide bonds. The van der Waals surface area contributed by atoms with Gasteiger partial charge in [-0.3, -0.25) is 9.89 Å². The Labute approximate surface area is 185 Å². The Morgan fingerprint density at radius 1 is 1.33 bits per heavy atom. The maximum absolute atomic E-state index is 5.33. The first-order valence-corrected chi connectivity index (χ1v) is 10.8. The zero-order valence-electron chi connectivity index (χ0n) is 16.9. The van der Waals surface area contributed by atoms with Gasteiger partial charge in [0.15, 0.2) is 5.96 Å². The molecule has 7 heteroatoms. The van der Waals surface area contributed by atoms with E-state index in [4.69, 9.17) is 4.74 Å². The van der Waals surface area contributed by atoms with Gasteiger partial charge in [0.25, 0.3) is 0 Å². The van der Waals surface area contributed by atoms with Crippen LogP contribution in [-0.2, 0) is 4.74 Å². The van der Waals surface area contributed by atoms with Crippen LogP contribution in [0.1, 0.15) is 37.1 Å². The standard InChI is InChI=1S/C20H34N4OS.HI/c1-16-6-9-23(10-7-16)18(19-5-4-12-26-19)13-22-20(21-2)24-11-8-17(14-24)15-25-3;/h4-5,12,16-18H,6-11,13-15H2,1-3H3,(H,21,22);1H. The minimum absolute atomic E-state index is 0. The smallest absolute Gasteiger partial charge is 0.193 e. The molecule has 0 saturated carbocycles. The lowest BCUT2D eigenvalue weighted by Crippen LogP contribution is -2.46. The molecule has 2 atom stereocenters. The molecule has 27 heavy (non-hydrogen) atoms. The summed E-state index contributed by atoms with van der Waals surface area (Å²) in [6, 6.07) is 4.89. The summed E-state index contributed by atoms with van der Waals surface area (Å²) >= 11 is 1.87. The predicted octanol–water partition coefficient (Wildman–Crippen LogP) is 3.68. The van der Waals surface area contributed by atoms with Crippen molar-refractivity contribution in [2.24, 2.45) is 16.8 Å². The van der Waals surface area contributed by atoms with Crippen molar-refractivity contribution in [3.05, 3.63) is 22.4 Å². The minimum Gasteiger partial charge on any atom is -0.384 e. The van der Waals surface area contributed by atoms with Crippen molar-refractivity contribution in [1.82, 2.24) is 15.1 Å². The number of aliphatic imine (C=N–C) groups is 1. The number of guanidine groups is 1. The first-order chi connectivity index (χ1) is 12.7.